The summed E-state index contributed by atoms with van der Waals surface area (Å²) in [6.45, 7) is 11.6. The van der Waals surface area contributed by atoms with Gasteiger partial charge in [-0.3, -0.25) is 34.2 Å². The number of fused-ring (bicyclic) bond motifs is 1. The van der Waals surface area contributed by atoms with Crippen LogP contribution in [0.3, 0.4) is 0 Å². The zero-order valence-electron chi connectivity index (χ0n) is 28.9. The van der Waals surface area contributed by atoms with E-state index in [0.29, 0.717) is 43.9 Å². The number of primary amides is 1. The molecule has 2 aliphatic heterocycles. The van der Waals surface area contributed by atoms with E-state index in [-0.39, 0.29) is 25.3 Å². The minimum Gasteiger partial charge on any atom is -0.459 e. The van der Waals surface area contributed by atoms with Crippen LogP contribution in [0.5, 0.6) is 0 Å². The number of esters is 1. The normalized spacial score (nSPS) is 16.8. The number of benzene rings is 2. The van der Waals surface area contributed by atoms with Crippen molar-refractivity contribution < 1.29 is 33.4 Å². The van der Waals surface area contributed by atoms with E-state index in [1.807, 2.05) is 50.2 Å². The van der Waals surface area contributed by atoms with E-state index in [9.17, 15) is 24.0 Å². The Kier molecular flexibility index (Phi) is 12.0. The Hall–Kier alpha value is -4.29. The maximum absolute atomic E-state index is 14.0. The lowest BCUT2D eigenvalue weighted by Gasteiger charge is -2.33. The van der Waals surface area contributed by atoms with Crippen LogP contribution in [0.2, 0.25) is 0 Å². The number of amides is 4. The molecule has 0 bridgehead atoms. The van der Waals surface area contributed by atoms with Gasteiger partial charge in [0.05, 0.1) is 30.4 Å². The van der Waals surface area contributed by atoms with Crippen LogP contribution >= 0.6 is 0 Å². The van der Waals surface area contributed by atoms with Crippen molar-refractivity contribution in [3.05, 3.63) is 65.2 Å². The average Bonchev–Trinajstić information content (AvgIpc) is 3.28. The van der Waals surface area contributed by atoms with E-state index >= 15 is 0 Å². The molecule has 0 aliphatic carbocycles. The van der Waals surface area contributed by atoms with E-state index in [1.165, 1.54) is 11.9 Å². The quantitative estimate of drug-likeness (QED) is 0.230. The van der Waals surface area contributed by atoms with Gasteiger partial charge in [-0.25, -0.2) is 0 Å². The summed E-state index contributed by atoms with van der Waals surface area (Å²) in [5.41, 5.74) is 7.25. The first-order chi connectivity index (χ1) is 22.7. The number of nitrogens with two attached hydrogens (primary N) is 1. The second kappa shape index (κ2) is 15.7. The molecule has 0 aromatic heterocycles. The van der Waals surface area contributed by atoms with Crippen LogP contribution in [0.25, 0.3) is 0 Å². The van der Waals surface area contributed by atoms with Gasteiger partial charge in [-0.15, -0.1) is 0 Å². The Morgan fingerprint density at radius 1 is 0.979 bits per heavy atom. The molecule has 2 aromatic rings. The molecule has 12 heteroatoms. The van der Waals surface area contributed by atoms with Gasteiger partial charge in [0.25, 0.3) is 11.8 Å². The second-order valence-corrected chi connectivity index (χ2v) is 13.9. The van der Waals surface area contributed by atoms with Crippen molar-refractivity contribution in [1.29, 1.82) is 0 Å². The van der Waals surface area contributed by atoms with E-state index < -0.39 is 53.3 Å². The summed E-state index contributed by atoms with van der Waals surface area (Å²) in [7, 11) is 1.53. The first-order valence-corrected chi connectivity index (χ1v) is 16.6. The first-order valence-electron chi connectivity index (χ1n) is 16.6. The molecule has 0 radical (unpaired) electrons. The summed E-state index contributed by atoms with van der Waals surface area (Å²) in [4.78, 5) is 71.6. The molecule has 2 heterocycles. The second-order valence-electron chi connectivity index (χ2n) is 13.9. The molecule has 0 spiro atoms. The van der Waals surface area contributed by atoms with Gasteiger partial charge in [0.1, 0.15) is 17.7 Å². The van der Waals surface area contributed by atoms with Gasteiger partial charge in [-0.1, -0.05) is 44.2 Å². The minimum atomic E-state index is -1.04. The lowest BCUT2D eigenvalue weighted by Crippen LogP contribution is -2.57. The molecular formula is C36H49N5O7. The summed E-state index contributed by atoms with van der Waals surface area (Å²) in [5, 5.41) is 3.19. The van der Waals surface area contributed by atoms with Gasteiger partial charge in [-0.2, -0.15) is 0 Å². The number of hydrogen-bond donors (Lipinski definition) is 2. The fourth-order valence-electron chi connectivity index (χ4n) is 6.02. The van der Waals surface area contributed by atoms with Crippen LogP contribution in [0, 0.1) is 5.92 Å². The lowest BCUT2D eigenvalue weighted by molar-refractivity contribution is -0.158. The number of hydrogen-bond acceptors (Lipinski definition) is 9. The van der Waals surface area contributed by atoms with E-state index in [1.54, 1.807) is 32.9 Å². The van der Waals surface area contributed by atoms with E-state index in [0.717, 1.165) is 16.2 Å². The fourth-order valence-corrected chi connectivity index (χ4v) is 6.02. The van der Waals surface area contributed by atoms with Gasteiger partial charge in [0.15, 0.2) is 0 Å². The molecule has 2 aromatic carbocycles. The highest BCUT2D eigenvalue weighted by molar-refractivity contribution is 6.21. The van der Waals surface area contributed by atoms with E-state index in [4.69, 9.17) is 15.2 Å². The summed E-state index contributed by atoms with van der Waals surface area (Å²) < 4.78 is 11.2. The Morgan fingerprint density at radius 3 is 2.23 bits per heavy atom. The molecular weight excluding hydrogens is 614 g/mol. The molecule has 260 valence electrons. The Labute approximate surface area is 282 Å². The molecule has 48 heavy (non-hydrogen) atoms. The summed E-state index contributed by atoms with van der Waals surface area (Å²) in [6.07, 6.45) is 0.581. The third-order valence-electron chi connectivity index (χ3n) is 8.49. The standard InChI is InChI=1S/C36H49N5O7/c1-23(2)20-29(34(45)39(6)30(31(37)42)21-24-10-8-7-9-11-24)38-28(35(46)48-36(3,4)5)14-15-41-32(43)26-13-12-25(22-27(26)33(41)44)40-16-18-47-19-17-40/h7-13,22-23,28-30,38H,14-21H2,1-6H3,(H2,37,42)/t28-,29+,30+/m1/s1. The van der Waals surface area contributed by atoms with Gasteiger partial charge in [-0.05, 0) is 63.3 Å². The average molecular weight is 664 g/mol. The Balaban J connectivity index is 1.54. The number of morpholine rings is 1. The van der Waals surface area contributed by atoms with Crippen LogP contribution in [-0.4, -0.2) is 103 Å². The molecule has 4 rings (SSSR count). The van der Waals surface area contributed by atoms with Crippen LogP contribution < -0.4 is 16.0 Å². The fraction of sp³-hybridized carbons (Fsp3) is 0.528. The molecule has 12 nitrogen and oxygen atoms in total. The summed E-state index contributed by atoms with van der Waals surface area (Å²) in [6, 6.07) is 11.7. The van der Waals surface area contributed by atoms with Crippen LogP contribution in [0.15, 0.2) is 48.5 Å². The highest BCUT2D eigenvalue weighted by Gasteiger charge is 2.39. The van der Waals surface area contributed by atoms with Crippen molar-refractivity contribution in [3.8, 4) is 0 Å². The molecule has 3 atom stereocenters. The first kappa shape index (κ1) is 36.5. The predicted molar refractivity (Wildman–Crippen MR) is 181 cm³/mol. The van der Waals surface area contributed by atoms with Gasteiger partial charge >= 0.3 is 5.97 Å². The van der Waals surface area contributed by atoms with Crippen molar-refractivity contribution in [3.63, 3.8) is 0 Å². The number of carbonyl (C=O) groups excluding carboxylic acids is 5. The number of carbonyl (C=O) groups is 5. The van der Waals surface area contributed by atoms with Gasteiger partial charge in [0, 0.05) is 38.8 Å². The van der Waals surface area contributed by atoms with Gasteiger partial charge < -0.3 is 25.0 Å². The maximum atomic E-state index is 14.0. The zero-order chi connectivity index (χ0) is 35.2. The molecule has 1 fully saturated rings. The van der Waals surface area contributed by atoms with Crippen molar-refractivity contribution in [2.24, 2.45) is 11.7 Å². The Morgan fingerprint density at radius 2 is 1.62 bits per heavy atom. The molecule has 2 aliphatic rings. The third kappa shape index (κ3) is 9.19. The highest BCUT2D eigenvalue weighted by Crippen LogP contribution is 2.28. The lowest BCUT2D eigenvalue weighted by atomic mass is 9.98. The third-order valence-corrected chi connectivity index (χ3v) is 8.49. The summed E-state index contributed by atoms with van der Waals surface area (Å²) >= 11 is 0. The van der Waals surface area contributed by atoms with Crippen molar-refractivity contribution >= 4 is 35.3 Å². The number of anilines is 1. The number of nitrogens with zero attached hydrogens (tertiary/aromatic N) is 3. The van der Waals surface area contributed by atoms with Crippen molar-refractivity contribution in [1.82, 2.24) is 15.1 Å². The smallest absolute Gasteiger partial charge is 0.323 e. The van der Waals surface area contributed by atoms with Crippen LogP contribution in [0.4, 0.5) is 5.69 Å². The largest absolute Gasteiger partial charge is 0.459 e. The van der Waals surface area contributed by atoms with Crippen LogP contribution in [0.1, 0.15) is 73.7 Å². The minimum absolute atomic E-state index is 0.00551. The SMILES string of the molecule is CC(C)C[C@H](N[C@H](CCN1C(=O)c2ccc(N3CCOCC3)cc2C1=O)C(=O)OC(C)(C)C)C(=O)N(C)[C@@H](Cc1ccccc1)C(N)=O. The maximum Gasteiger partial charge on any atom is 0.323 e. The zero-order valence-corrected chi connectivity index (χ0v) is 28.9. The molecule has 1 saturated heterocycles. The number of imide groups is 1. The highest BCUT2D eigenvalue weighted by atomic mass is 16.6. The molecule has 4 amide bonds. The Bertz CT molecular complexity index is 1480. The van der Waals surface area contributed by atoms with Crippen molar-refractivity contribution in [2.45, 2.75) is 77.6 Å². The topological polar surface area (TPSA) is 152 Å². The van der Waals surface area contributed by atoms with E-state index in [2.05, 4.69) is 10.2 Å². The summed E-state index contributed by atoms with van der Waals surface area (Å²) in [5.74, 6) is -2.51. The van der Waals surface area contributed by atoms with Crippen molar-refractivity contribution in [2.75, 3.05) is 44.8 Å². The van der Waals surface area contributed by atoms with Crippen LogP contribution in [-0.2, 0) is 30.3 Å². The van der Waals surface area contributed by atoms with Gasteiger partial charge in [0.2, 0.25) is 11.8 Å². The molecule has 0 unspecified atom stereocenters. The molecule has 3 N–H and O–H groups in total. The number of rotatable bonds is 14. The predicted octanol–water partition coefficient (Wildman–Crippen LogP) is 2.78. The number of likely N-dealkylation sites (N-methyl/N-ethyl adjacent to an activating group) is 1. The monoisotopic (exact) mass is 663 g/mol. The molecule has 0 saturated carbocycles. The number of nitrogens with one attached hydrogen (secondary N) is 1. The number of ether oxygens (including phenoxy) is 2.